The van der Waals surface area contributed by atoms with Crippen LogP contribution in [0.4, 0.5) is 4.79 Å². The number of methoxy groups -OCH3 is 1. The molecule has 0 aromatic heterocycles. The van der Waals surface area contributed by atoms with Crippen molar-refractivity contribution in [1.29, 1.82) is 0 Å². The number of hydrogen-bond donors (Lipinski definition) is 1. The lowest BCUT2D eigenvalue weighted by Gasteiger charge is -2.19. The van der Waals surface area contributed by atoms with Crippen molar-refractivity contribution in [1.82, 2.24) is 5.32 Å². The van der Waals surface area contributed by atoms with Gasteiger partial charge in [-0.2, -0.15) is 8.42 Å². The number of hydrogen-bond acceptors (Lipinski definition) is 7. The van der Waals surface area contributed by atoms with Crippen LogP contribution in [0.2, 0.25) is 0 Å². The zero-order chi connectivity index (χ0) is 28.1. The summed E-state index contributed by atoms with van der Waals surface area (Å²) in [6, 6.07) is 29.0. The number of fused-ring (bicyclic) bond motifs is 3. The lowest BCUT2D eigenvalue weighted by molar-refractivity contribution is -0.143. The summed E-state index contributed by atoms with van der Waals surface area (Å²) in [6.45, 7) is 0.107. The fourth-order valence-corrected chi connectivity index (χ4v) is 5.75. The molecule has 40 heavy (non-hydrogen) atoms. The van der Waals surface area contributed by atoms with Crippen molar-refractivity contribution in [2.24, 2.45) is 0 Å². The normalized spacial score (nSPS) is 13.0. The Labute approximate surface area is 232 Å². The minimum Gasteiger partial charge on any atom is -0.467 e. The van der Waals surface area contributed by atoms with E-state index in [4.69, 9.17) is 13.7 Å². The lowest BCUT2D eigenvalue weighted by Crippen LogP contribution is -2.43. The maximum Gasteiger partial charge on any atom is 0.407 e. The van der Waals surface area contributed by atoms with E-state index < -0.39 is 28.2 Å². The van der Waals surface area contributed by atoms with Crippen molar-refractivity contribution >= 4 is 22.2 Å². The van der Waals surface area contributed by atoms with Crippen molar-refractivity contribution in [3.63, 3.8) is 0 Å². The number of alkyl carbamates (subject to hydrolysis) is 1. The van der Waals surface area contributed by atoms with E-state index in [0.717, 1.165) is 22.3 Å². The zero-order valence-electron chi connectivity index (χ0n) is 21.6. The Morgan fingerprint density at radius 2 is 1.38 bits per heavy atom. The number of benzene rings is 4. The molecular formula is C31H27NO7S. The van der Waals surface area contributed by atoms with Gasteiger partial charge in [0.05, 0.1) is 7.11 Å². The van der Waals surface area contributed by atoms with Crippen LogP contribution < -0.4 is 9.50 Å². The van der Waals surface area contributed by atoms with Crippen LogP contribution in [0.5, 0.6) is 5.75 Å². The molecule has 1 atom stereocenters. The third-order valence-corrected chi connectivity index (χ3v) is 7.98. The molecule has 5 rings (SSSR count). The summed E-state index contributed by atoms with van der Waals surface area (Å²) in [5, 5.41) is 2.60. The third-order valence-electron chi connectivity index (χ3n) is 6.72. The predicted octanol–water partition coefficient (Wildman–Crippen LogP) is 5.08. The molecule has 1 aliphatic rings. The Hall–Kier alpha value is -4.63. The van der Waals surface area contributed by atoms with Crippen LogP contribution in [0.15, 0.2) is 108 Å². The van der Waals surface area contributed by atoms with Crippen LogP contribution in [0.3, 0.4) is 0 Å². The fourth-order valence-electron chi connectivity index (χ4n) is 4.80. The van der Waals surface area contributed by atoms with Crippen LogP contribution >= 0.6 is 0 Å². The monoisotopic (exact) mass is 557 g/mol. The highest BCUT2D eigenvalue weighted by atomic mass is 32.2. The van der Waals surface area contributed by atoms with Gasteiger partial charge >= 0.3 is 22.2 Å². The summed E-state index contributed by atoms with van der Waals surface area (Å²) in [6.07, 6.45) is -0.645. The topological polar surface area (TPSA) is 108 Å². The average molecular weight is 558 g/mol. The van der Waals surface area contributed by atoms with Gasteiger partial charge in [-0.15, -0.1) is 0 Å². The van der Waals surface area contributed by atoms with Crippen LogP contribution in [0, 0.1) is 0 Å². The molecule has 0 heterocycles. The second kappa shape index (κ2) is 11.6. The molecule has 0 spiro atoms. The van der Waals surface area contributed by atoms with Gasteiger partial charge in [-0.25, -0.2) is 9.59 Å². The molecule has 1 amide bonds. The van der Waals surface area contributed by atoms with Crippen LogP contribution in [-0.2, 0) is 30.8 Å². The second-order valence-electron chi connectivity index (χ2n) is 9.24. The van der Waals surface area contributed by atoms with Gasteiger partial charge in [0.15, 0.2) is 0 Å². The molecule has 1 aliphatic carbocycles. The first-order valence-electron chi connectivity index (χ1n) is 12.6. The number of carbonyl (C=O) groups is 2. The Bertz CT molecular complexity index is 1570. The van der Waals surface area contributed by atoms with Crippen LogP contribution in [-0.4, -0.2) is 40.2 Å². The highest BCUT2D eigenvalue weighted by molar-refractivity contribution is 7.87. The molecule has 204 valence electrons. The first kappa shape index (κ1) is 27.0. The Morgan fingerprint density at radius 1 is 0.800 bits per heavy atom. The Kier molecular flexibility index (Phi) is 7.84. The van der Waals surface area contributed by atoms with Crippen molar-refractivity contribution < 1.29 is 31.7 Å². The third kappa shape index (κ3) is 5.84. The number of amides is 1. The van der Waals surface area contributed by atoms with Crippen molar-refractivity contribution in [2.45, 2.75) is 23.3 Å². The molecule has 1 unspecified atom stereocenters. The maximum absolute atomic E-state index is 12.8. The molecule has 0 saturated heterocycles. The van der Waals surface area contributed by atoms with Crippen molar-refractivity contribution in [3.8, 4) is 16.9 Å². The number of carbonyl (C=O) groups excluding carboxylic acids is 2. The molecule has 0 aliphatic heterocycles. The first-order valence-corrected chi connectivity index (χ1v) is 14.0. The van der Waals surface area contributed by atoms with Gasteiger partial charge in [-0.1, -0.05) is 78.9 Å². The molecular weight excluding hydrogens is 530 g/mol. The standard InChI is InChI=1S/C31H27NO7S/c1-37-30(33)29(19-21-15-17-22(18-16-21)39-40(35,36)23-9-3-2-4-10-23)32-31(34)38-20-28-26-13-7-5-11-24(26)25-12-6-8-14-27(25)28/h2-18,28-29H,19-20H2,1H3,(H,32,34). The van der Waals surface area contributed by atoms with Crippen LogP contribution in [0.25, 0.3) is 11.1 Å². The smallest absolute Gasteiger partial charge is 0.407 e. The Morgan fingerprint density at radius 3 is 1.98 bits per heavy atom. The van der Waals surface area contributed by atoms with E-state index >= 15 is 0 Å². The van der Waals surface area contributed by atoms with Gasteiger partial charge in [-0.05, 0) is 52.1 Å². The molecule has 4 aromatic carbocycles. The summed E-state index contributed by atoms with van der Waals surface area (Å²) >= 11 is 0. The largest absolute Gasteiger partial charge is 0.467 e. The van der Waals surface area contributed by atoms with E-state index in [2.05, 4.69) is 17.4 Å². The molecule has 4 aromatic rings. The molecule has 8 nitrogen and oxygen atoms in total. The summed E-state index contributed by atoms with van der Waals surface area (Å²) in [7, 11) is -2.74. The molecule has 0 radical (unpaired) electrons. The van der Waals surface area contributed by atoms with E-state index in [1.165, 1.54) is 31.4 Å². The van der Waals surface area contributed by atoms with Gasteiger partial charge in [-0.3, -0.25) is 0 Å². The minimum atomic E-state index is -3.98. The fraction of sp³-hybridized carbons (Fsp3) is 0.161. The molecule has 0 fully saturated rings. The van der Waals surface area contributed by atoms with Crippen molar-refractivity contribution in [2.75, 3.05) is 13.7 Å². The van der Waals surface area contributed by atoms with E-state index in [1.807, 2.05) is 36.4 Å². The van der Waals surface area contributed by atoms with Crippen molar-refractivity contribution in [3.05, 3.63) is 120 Å². The number of esters is 1. The van der Waals surface area contributed by atoms with Gasteiger partial charge in [0, 0.05) is 12.3 Å². The SMILES string of the molecule is COC(=O)C(Cc1ccc(OS(=O)(=O)c2ccccc2)cc1)NC(=O)OCC1c2ccccc2-c2ccccc21. The number of ether oxygens (including phenoxy) is 2. The predicted molar refractivity (Wildman–Crippen MR) is 148 cm³/mol. The Balaban J connectivity index is 1.22. The van der Waals surface area contributed by atoms with Gasteiger partial charge in [0.25, 0.3) is 0 Å². The highest BCUT2D eigenvalue weighted by Gasteiger charge is 2.30. The minimum absolute atomic E-state index is 0.0390. The van der Waals surface area contributed by atoms with Crippen LogP contribution in [0.1, 0.15) is 22.6 Å². The van der Waals surface area contributed by atoms with E-state index in [1.54, 1.807) is 30.3 Å². The van der Waals surface area contributed by atoms with Gasteiger partial charge in [0.2, 0.25) is 0 Å². The highest BCUT2D eigenvalue weighted by Crippen LogP contribution is 2.44. The second-order valence-corrected chi connectivity index (χ2v) is 10.8. The van der Waals surface area contributed by atoms with E-state index in [0.29, 0.717) is 5.56 Å². The maximum atomic E-state index is 12.8. The van der Waals surface area contributed by atoms with E-state index in [9.17, 15) is 18.0 Å². The number of nitrogens with one attached hydrogen (secondary N) is 1. The molecule has 9 heteroatoms. The molecule has 0 saturated carbocycles. The summed E-state index contributed by atoms with van der Waals surface area (Å²) in [5.41, 5.74) is 5.04. The summed E-state index contributed by atoms with van der Waals surface area (Å²) in [5.74, 6) is -0.637. The molecule has 1 N–H and O–H groups in total. The van der Waals surface area contributed by atoms with E-state index in [-0.39, 0.29) is 29.6 Å². The summed E-state index contributed by atoms with van der Waals surface area (Å²) in [4.78, 5) is 25.3. The average Bonchev–Trinajstić information content (AvgIpc) is 3.30. The zero-order valence-corrected chi connectivity index (χ0v) is 22.5. The lowest BCUT2D eigenvalue weighted by atomic mass is 9.98. The number of rotatable bonds is 9. The quantitative estimate of drug-likeness (QED) is 0.226. The summed E-state index contributed by atoms with van der Waals surface area (Å²) < 4.78 is 40.6. The molecule has 0 bridgehead atoms. The first-order chi connectivity index (χ1) is 19.4. The van der Waals surface area contributed by atoms with Gasteiger partial charge in [0.1, 0.15) is 23.3 Å². The van der Waals surface area contributed by atoms with Gasteiger partial charge < -0.3 is 19.0 Å².